The third-order valence-electron chi connectivity index (χ3n) is 3.81. The van der Waals surface area contributed by atoms with Crippen LogP contribution in [0.1, 0.15) is 18.6 Å². The van der Waals surface area contributed by atoms with Gasteiger partial charge < -0.3 is 10.1 Å². The lowest BCUT2D eigenvalue weighted by atomic mass is 10.1. The number of guanidine groups is 1. The molecule has 118 valence electrons. The number of carbonyl (C=O) groups excluding carboxylic acids is 1. The van der Waals surface area contributed by atoms with Crippen molar-refractivity contribution in [3.8, 4) is 0 Å². The van der Waals surface area contributed by atoms with Crippen LogP contribution in [0, 0.1) is 5.92 Å². The Kier molecular flexibility index (Phi) is 4.67. The SMILES string of the molecule is CCOC(CN=C1NC(=O)C2CNNC2N1)c1ccccc1. The van der Waals surface area contributed by atoms with Crippen molar-refractivity contribution in [2.24, 2.45) is 10.9 Å². The van der Waals surface area contributed by atoms with E-state index in [1.54, 1.807) is 0 Å². The van der Waals surface area contributed by atoms with Gasteiger partial charge in [0.2, 0.25) is 5.91 Å². The number of aliphatic imine (C=N–C) groups is 1. The molecule has 0 aliphatic carbocycles. The van der Waals surface area contributed by atoms with Crippen LogP contribution in [0.2, 0.25) is 0 Å². The van der Waals surface area contributed by atoms with Crippen LogP contribution in [-0.4, -0.2) is 37.7 Å². The summed E-state index contributed by atoms with van der Waals surface area (Å²) >= 11 is 0. The smallest absolute Gasteiger partial charge is 0.234 e. The lowest BCUT2D eigenvalue weighted by Gasteiger charge is -2.27. The predicted octanol–water partition coefficient (Wildman–Crippen LogP) is -0.110. The average molecular weight is 303 g/mol. The molecule has 0 saturated carbocycles. The number of hydrogen-bond acceptors (Lipinski definition) is 5. The topological polar surface area (TPSA) is 86.8 Å². The summed E-state index contributed by atoms with van der Waals surface area (Å²) < 4.78 is 5.76. The molecule has 1 aromatic carbocycles. The van der Waals surface area contributed by atoms with E-state index in [1.807, 2.05) is 37.3 Å². The van der Waals surface area contributed by atoms with E-state index >= 15 is 0 Å². The molecule has 0 bridgehead atoms. The first-order valence-electron chi connectivity index (χ1n) is 7.54. The van der Waals surface area contributed by atoms with Gasteiger partial charge in [-0.15, -0.1) is 0 Å². The molecule has 1 amide bonds. The lowest BCUT2D eigenvalue weighted by molar-refractivity contribution is -0.124. The van der Waals surface area contributed by atoms with Crippen molar-refractivity contribution in [1.82, 2.24) is 21.5 Å². The number of hydrogen-bond donors (Lipinski definition) is 4. The number of amides is 1. The minimum atomic E-state index is -0.121. The summed E-state index contributed by atoms with van der Waals surface area (Å²) in [7, 11) is 0. The summed E-state index contributed by atoms with van der Waals surface area (Å²) in [6.45, 7) is 3.64. The Balaban J connectivity index is 1.67. The zero-order valence-corrected chi connectivity index (χ0v) is 12.5. The highest BCUT2D eigenvalue weighted by Gasteiger charge is 2.37. The summed E-state index contributed by atoms with van der Waals surface area (Å²) in [5.74, 6) is 0.353. The quantitative estimate of drug-likeness (QED) is 0.610. The van der Waals surface area contributed by atoms with Crippen LogP contribution in [0.25, 0.3) is 0 Å². The Morgan fingerprint density at radius 3 is 2.95 bits per heavy atom. The van der Waals surface area contributed by atoms with Gasteiger partial charge in [0.15, 0.2) is 5.96 Å². The van der Waals surface area contributed by atoms with Crippen LogP contribution >= 0.6 is 0 Å². The van der Waals surface area contributed by atoms with Gasteiger partial charge in [-0.3, -0.25) is 15.5 Å². The van der Waals surface area contributed by atoms with E-state index < -0.39 is 0 Å². The molecule has 2 aliphatic heterocycles. The fraction of sp³-hybridized carbons (Fsp3) is 0.467. The van der Waals surface area contributed by atoms with Crippen molar-refractivity contribution in [1.29, 1.82) is 0 Å². The number of fused-ring (bicyclic) bond motifs is 1. The Morgan fingerprint density at radius 1 is 1.36 bits per heavy atom. The predicted molar refractivity (Wildman–Crippen MR) is 82.8 cm³/mol. The molecule has 2 aliphatic rings. The number of nitrogens with zero attached hydrogens (tertiary/aromatic N) is 1. The minimum absolute atomic E-state index is 0.0207. The van der Waals surface area contributed by atoms with Gasteiger partial charge >= 0.3 is 0 Å². The van der Waals surface area contributed by atoms with Crippen LogP contribution in [-0.2, 0) is 9.53 Å². The first-order chi connectivity index (χ1) is 10.8. The minimum Gasteiger partial charge on any atom is -0.372 e. The molecular formula is C15H21N5O2. The van der Waals surface area contributed by atoms with E-state index in [9.17, 15) is 4.79 Å². The maximum absolute atomic E-state index is 12.0. The summed E-state index contributed by atoms with van der Waals surface area (Å²) in [5.41, 5.74) is 7.08. The van der Waals surface area contributed by atoms with Crippen LogP contribution in [0.15, 0.2) is 35.3 Å². The number of ether oxygens (including phenoxy) is 1. The fourth-order valence-corrected chi connectivity index (χ4v) is 2.65. The van der Waals surface area contributed by atoms with Gasteiger partial charge in [0, 0.05) is 13.2 Å². The largest absolute Gasteiger partial charge is 0.372 e. The second kappa shape index (κ2) is 6.87. The number of hydrazine groups is 1. The first-order valence-corrected chi connectivity index (χ1v) is 7.54. The van der Waals surface area contributed by atoms with Gasteiger partial charge in [-0.25, -0.2) is 10.4 Å². The molecule has 7 nitrogen and oxygen atoms in total. The molecule has 22 heavy (non-hydrogen) atoms. The molecule has 0 aromatic heterocycles. The van der Waals surface area contributed by atoms with Crippen molar-refractivity contribution in [3.05, 3.63) is 35.9 Å². The highest BCUT2D eigenvalue weighted by Crippen LogP contribution is 2.17. The molecule has 2 saturated heterocycles. The van der Waals surface area contributed by atoms with E-state index in [0.717, 1.165) is 5.56 Å². The van der Waals surface area contributed by atoms with Gasteiger partial charge in [-0.2, -0.15) is 0 Å². The molecule has 7 heteroatoms. The molecular weight excluding hydrogens is 282 g/mol. The van der Waals surface area contributed by atoms with E-state index in [0.29, 0.717) is 25.7 Å². The number of nitrogens with one attached hydrogen (secondary N) is 4. The zero-order chi connectivity index (χ0) is 15.4. The van der Waals surface area contributed by atoms with E-state index in [4.69, 9.17) is 4.74 Å². The normalized spacial score (nSPS) is 27.1. The molecule has 0 spiro atoms. The Morgan fingerprint density at radius 2 is 2.18 bits per heavy atom. The number of rotatable bonds is 5. The average Bonchev–Trinajstić information content (AvgIpc) is 3.01. The molecule has 4 N–H and O–H groups in total. The Hall–Kier alpha value is -1.96. The molecule has 0 radical (unpaired) electrons. The van der Waals surface area contributed by atoms with Gasteiger partial charge in [-0.1, -0.05) is 30.3 Å². The monoisotopic (exact) mass is 303 g/mol. The van der Waals surface area contributed by atoms with Gasteiger partial charge in [-0.05, 0) is 12.5 Å². The van der Waals surface area contributed by atoms with Crippen molar-refractivity contribution in [2.75, 3.05) is 19.7 Å². The Bertz CT molecular complexity index is 548. The Labute approximate surface area is 129 Å². The third kappa shape index (κ3) is 3.27. The molecule has 3 atom stereocenters. The summed E-state index contributed by atoms with van der Waals surface area (Å²) in [6.07, 6.45) is -0.237. The maximum Gasteiger partial charge on any atom is 0.234 e. The van der Waals surface area contributed by atoms with E-state index in [1.165, 1.54) is 0 Å². The zero-order valence-electron chi connectivity index (χ0n) is 12.5. The summed E-state index contributed by atoms with van der Waals surface area (Å²) in [4.78, 5) is 16.5. The maximum atomic E-state index is 12.0. The van der Waals surface area contributed by atoms with Gasteiger partial charge in [0.1, 0.15) is 12.3 Å². The van der Waals surface area contributed by atoms with E-state index in [-0.39, 0.29) is 24.1 Å². The van der Waals surface area contributed by atoms with Gasteiger partial charge in [0.05, 0.1) is 12.5 Å². The molecule has 1 aromatic rings. The van der Waals surface area contributed by atoms with Crippen molar-refractivity contribution in [2.45, 2.75) is 19.2 Å². The highest BCUT2D eigenvalue weighted by molar-refractivity contribution is 6.01. The second-order valence-corrected chi connectivity index (χ2v) is 5.29. The number of benzene rings is 1. The van der Waals surface area contributed by atoms with Crippen LogP contribution in [0.4, 0.5) is 0 Å². The van der Waals surface area contributed by atoms with Crippen molar-refractivity contribution < 1.29 is 9.53 Å². The van der Waals surface area contributed by atoms with E-state index in [2.05, 4.69) is 26.5 Å². The molecule has 3 rings (SSSR count). The lowest BCUT2D eigenvalue weighted by Crippen LogP contribution is -2.61. The van der Waals surface area contributed by atoms with Crippen LogP contribution < -0.4 is 21.5 Å². The summed E-state index contributed by atoms with van der Waals surface area (Å²) in [5, 5.41) is 5.98. The van der Waals surface area contributed by atoms with Gasteiger partial charge in [0.25, 0.3) is 0 Å². The molecule has 2 fully saturated rings. The van der Waals surface area contributed by atoms with Crippen molar-refractivity contribution >= 4 is 11.9 Å². The third-order valence-corrected chi connectivity index (χ3v) is 3.81. The fourth-order valence-electron chi connectivity index (χ4n) is 2.65. The second-order valence-electron chi connectivity index (χ2n) is 5.29. The van der Waals surface area contributed by atoms with Crippen LogP contribution in [0.5, 0.6) is 0 Å². The first kappa shape index (κ1) is 15.0. The van der Waals surface area contributed by atoms with Crippen LogP contribution in [0.3, 0.4) is 0 Å². The summed E-state index contributed by atoms with van der Waals surface area (Å²) in [6, 6.07) is 9.97. The number of carbonyl (C=O) groups is 1. The standard InChI is InChI=1S/C15H21N5O2/c1-2-22-12(10-6-4-3-5-7-10)9-16-15-18-13-11(8-17-20-13)14(21)19-15/h3-7,11-13,17,20H,2,8-9H2,1H3,(H2,16,18,19,21). The van der Waals surface area contributed by atoms with Crippen molar-refractivity contribution in [3.63, 3.8) is 0 Å². The highest BCUT2D eigenvalue weighted by atomic mass is 16.5. The molecule has 2 heterocycles. The molecule has 3 unspecified atom stereocenters.